The molecular weight excluding hydrogens is 242 g/mol. The van der Waals surface area contributed by atoms with Crippen molar-refractivity contribution in [2.24, 2.45) is 5.92 Å². The van der Waals surface area contributed by atoms with Gasteiger partial charge in [-0.1, -0.05) is 13.8 Å². The summed E-state index contributed by atoms with van der Waals surface area (Å²) in [6.45, 7) is 6.79. The van der Waals surface area contributed by atoms with E-state index >= 15 is 0 Å². The molecule has 1 atom stereocenters. The van der Waals surface area contributed by atoms with Crippen molar-refractivity contribution in [3.63, 3.8) is 0 Å². The van der Waals surface area contributed by atoms with E-state index in [0.29, 0.717) is 0 Å². The van der Waals surface area contributed by atoms with E-state index in [1.165, 1.54) is 23.1 Å². The maximum Gasteiger partial charge on any atom is 0.140 e. The first-order valence-corrected chi connectivity index (χ1v) is 7.58. The molecule has 0 N–H and O–H groups in total. The van der Waals surface area contributed by atoms with Crippen LogP contribution in [0.1, 0.15) is 31.6 Å². The maximum absolute atomic E-state index is 4.53. The number of fused-ring (bicyclic) bond motifs is 1. The third-order valence-corrected chi connectivity index (χ3v) is 4.85. The molecule has 0 radical (unpaired) electrons. The van der Waals surface area contributed by atoms with E-state index in [1.807, 2.05) is 0 Å². The monoisotopic (exact) mass is 261 g/mol. The van der Waals surface area contributed by atoms with Gasteiger partial charge >= 0.3 is 0 Å². The largest absolute Gasteiger partial charge is 0.356 e. The lowest BCUT2D eigenvalue weighted by Crippen LogP contribution is -2.34. The normalized spacial score (nSPS) is 20.6. The lowest BCUT2D eigenvalue weighted by atomic mass is 10.0. The van der Waals surface area contributed by atoms with Crippen molar-refractivity contribution >= 4 is 27.4 Å². The topological polar surface area (TPSA) is 29.0 Å². The lowest BCUT2D eigenvalue weighted by molar-refractivity contribution is 0.445. The number of hydrogen-bond donors (Lipinski definition) is 0. The minimum Gasteiger partial charge on any atom is -0.356 e. The van der Waals surface area contributed by atoms with E-state index in [0.717, 1.165) is 36.1 Å². The second-order valence-electron chi connectivity index (χ2n) is 5.18. The van der Waals surface area contributed by atoms with Crippen LogP contribution in [0.15, 0.2) is 12.4 Å². The first-order valence-electron chi connectivity index (χ1n) is 6.76. The molecule has 0 spiro atoms. The summed E-state index contributed by atoms with van der Waals surface area (Å²) < 4.78 is 0. The van der Waals surface area contributed by atoms with E-state index in [1.54, 1.807) is 17.7 Å². The highest BCUT2D eigenvalue weighted by molar-refractivity contribution is 7.18. The molecule has 3 heterocycles. The molecule has 4 heteroatoms. The number of rotatable bonds is 2. The standard InChI is InChI=1S/C14H19N3S/c1-3-11-7-12-13(15-9-16-14(12)18-11)17-6-4-5-10(2)8-17/h7,9-10H,3-6,8H2,1-2H3/t10-/m0/s1. The Bertz CT molecular complexity index is 549. The van der Waals surface area contributed by atoms with Crippen molar-refractivity contribution in [3.05, 3.63) is 17.3 Å². The third-order valence-electron chi connectivity index (χ3n) is 3.66. The van der Waals surface area contributed by atoms with Gasteiger partial charge in [-0.2, -0.15) is 0 Å². The zero-order valence-corrected chi connectivity index (χ0v) is 11.8. The molecule has 2 aromatic rings. The Morgan fingerprint density at radius 3 is 3.11 bits per heavy atom. The smallest absolute Gasteiger partial charge is 0.140 e. The van der Waals surface area contributed by atoms with Crippen LogP contribution in [0.5, 0.6) is 0 Å². The van der Waals surface area contributed by atoms with Crippen LogP contribution in [0.2, 0.25) is 0 Å². The highest BCUT2D eigenvalue weighted by Gasteiger charge is 2.20. The number of thiophene rings is 1. The zero-order chi connectivity index (χ0) is 12.5. The summed E-state index contributed by atoms with van der Waals surface area (Å²) in [5.41, 5.74) is 0. The number of nitrogens with zero attached hydrogens (tertiary/aromatic N) is 3. The number of piperidine rings is 1. The summed E-state index contributed by atoms with van der Waals surface area (Å²) in [6, 6.07) is 2.27. The molecule has 3 nitrogen and oxygen atoms in total. The second kappa shape index (κ2) is 4.84. The minimum absolute atomic E-state index is 0.771. The zero-order valence-electron chi connectivity index (χ0n) is 11.0. The highest BCUT2D eigenvalue weighted by Crippen LogP contribution is 2.32. The Labute approximate surface area is 112 Å². The summed E-state index contributed by atoms with van der Waals surface area (Å²) in [7, 11) is 0. The Morgan fingerprint density at radius 1 is 1.44 bits per heavy atom. The minimum atomic E-state index is 0.771. The molecule has 0 amide bonds. The fourth-order valence-electron chi connectivity index (χ4n) is 2.70. The van der Waals surface area contributed by atoms with Crippen molar-refractivity contribution in [1.82, 2.24) is 9.97 Å². The fraction of sp³-hybridized carbons (Fsp3) is 0.571. The summed E-state index contributed by atoms with van der Waals surface area (Å²) in [5, 5.41) is 1.24. The van der Waals surface area contributed by atoms with Crippen molar-refractivity contribution in [2.45, 2.75) is 33.1 Å². The molecule has 0 aromatic carbocycles. The summed E-state index contributed by atoms with van der Waals surface area (Å²) in [4.78, 5) is 13.9. The van der Waals surface area contributed by atoms with Crippen LogP contribution >= 0.6 is 11.3 Å². The summed E-state index contributed by atoms with van der Waals surface area (Å²) in [5.74, 6) is 1.91. The van der Waals surface area contributed by atoms with Gasteiger partial charge in [0.2, 0.25) is 0 Å². The number of aryl methyl sites for hydroxylation is 1. The maximum atomic E-state index is 4.53. The second-order valence-corrected chi connectivity index (χ2v) is 6.29. The molecule has 0 bridgehead atoms. The van der Waals surface area contributed by atoms with Gasteiger partial charge in [0.15, 0.2) is 0 Å². The molecule has 1 saturated heterocycles. The SMILES string of the molecule is CCc1cc2c(N3CCC[C@H](C)C3)ncnc2s1. The van der Waals surface area contributed by atoms with Gasteiger partial charge in [-0.3, -0.25) is 0 Å². The fourth-order valence-corrected chi connectivity index (χ4v) is 3.63. The number of anilines is 1. The van der Waals surface area contributed by atoms with Crippen LogP contribution in [0.4, 0.5) is 5.82 Å². The van der Waals surface area contributed by atoms with Gasteiger partial charge in [-0.05, 0) is 31.2 Å². The van der Waals surface area contributed by atoms with Crippen molar-refractivity contribution < 1.29 is 0 Å². The quantitative estimate of drug-likeness (QED) is 0.828. The molecule has 96 valence electrons. The lowest BCUT2D eigenvalue weighted by Gasteiger charge is -2.32. The van der Waals surface area contributed by atoms with Gasteiger partial charge in [-0.15, -0.1) is 11.3 Å². The third kappa shape index (κ3) is 2.09. The molecular formula is C14H19N3S. The number of hydrogen-bond acceptors (Lipinski definition) is 4. The Morgan fingerprint density at radius 2 is 2.33 bits per heavy atom. The number of aromatic nitrogens is 2. The Balaban J connectivity index is 2.02. The average Bonchev–Trinajstić information content (AvgIpc) is 2.81. The van der Waals surface area contributed by atoms with E-state index < -0.39 is 0 Å². The van der Waals surface area contributed by atoms with Crippen LogP contribution in [-0.2, 0) is 6.42 Å². The molecule has 0 unspecified atom stereocenters. The van der Waals surface area contributed by atoms with Crippen LogP contribution in [0, 0.1) is 5.92 Å². The molecule has 2 aromatic heterocycles. The molecule has 0 saturated carbocycles. The van der Waals surface area contributed by atoms with Crippen molar-refractivity contribution in [2.75, 3.05) is 18.0 Å². The van der Waals surface area contributed by atoms with Gasteiger partial charge in [0.1, 0.15) is 17.0 Å². The van der Waals surface area contributed by atoms with Crippen LogP contribution in [-0.4, -0.2) is 23.1 Å². The van der Waals surface area contributed by atoms with E-state index in [-0.39, 0.29) is 0 Å². The first-order chi connectivity index (χ1) is 8.78. The molecule has 3 rings (SSSR count). The predicted molar refractivity (Wildman–Crippen MR) is 77.4 cm³/mol. The Kier molecular flexibility index (Phi) is 3.20. The highest BCUT2D eigenvalue weighted by atomic mass is 32.1. The van der Waals surface area contributed by atoms with Crippen molar-refractivity contribution in [3.8, 4) is 0 Å². The van der Waals surface area contributed by atoms with Crippen molar-refractivity contribution in [1.29, 1.82) is 0 Å². The van der Waals surface area contributed by atoms with E-state index in [2.05, 4.69) is 34.8 Å². The molecule has 18 heavy (non-hydrogen) atoms. The first kappa shape index (κ1) is 11.9. The summed E-state index contributed by atoms with van der Waals surface area (Å²) >= 11 is 1.80. The average molecular weight is 261 g/mol. The van der Waals surface area contributed by atoms with Gasteiger partial charge in [0, 0.05) is 18.0 Å². The molecule has 1 fully saturated rings. The molecule has 1 aliphatic heterocycles. The van der Waals surface area contributed by atoms with E-state index in [9.17, 15) is 0 Å². The summed E-state index contributed by atoms with van der Waals surface area (Å²) in [6.07, 6.45) is 5.41. The molecule has 1 aliphatic rings. The van der Waals surface area contributed by atoms with Gasteiger partial charge < -0.3 is 4.90 Å². The van der Waals surface area contributed by atoms with Gasteiger partial charge in [0.25, 0.3) is 0 Å². The van der Waals surface area contributed by atoms with E-state index in [4.69, 9.17) is 0 Å². The van der Waals surface area contributed by atoms with Crippen LogP contribution in [0.3, 0.4) is 0 Å². The van der Waals surface area contributed by atoms with Crippen LogP contribution < -0.4 is 4.90 Å². The molecule has 0 aliphatic carbocycles. The Hall–Kier alpha value is -1.16. The van der Waals surface area contributed by atoms with Gasteiger partial charge in [0.05, 0.1) is 5.39 Å². The van der Waals surface area contributed by atoms with Gasteiger partial charge in [-0.25, -0.2) is 9.97 Å². The van der Waals surface area contributed by atoms with Crippen LogP contribution in [0.25, 0.3) is 10.2 Å². The predicted octanol–water partition coefficient (Wildman–Crippen LogP) is 3.49.